The normalized spacial score (nSPS) is 13.1. The molecule has 1 heterocycles. The lowest BCUT2D eigenvalue weighted by atomic mass is 10.1. The lowest BCUT2D eigenvalue weighted by Gasteiger charge is -2.28. The van der Waals surface area contributed by atoms with Gasteiger partial charge in [-0.3, -0.25) is 9.59 Å². The molecule has 0 saturated heterocycles. The summed E-state index contributed by atoms with van der Waals surface area (Å²) in [4.78, 5) is 32.0. The van der Waals surface area contributed by atoms with E-state index < -0.39 is 11.7 Å². The Kier molecular flexibility index (Phi) is 6.47. The molecule has 6 heteroatoms. The van der Waals surface area contributed by atoms with E-state index in [0.29, 0.717) is 13.1 Å². The standard InChI is InChI=1S/C25H25FN2O2S/c1-18-11-14-21(31-18)16-27(15-19-7-3-2-4-8-19)24(29)17-28(20-12-13-20)25(30)22-9-5-6-10-23(22)26/h2-11,14,20H,12-13,15-17H2,1H3. The van der Waals surface area contributed by atoms with Crippen molar-refractivity contribution in [2.75, 3.05) is 6.54 Å². The lowest BCUT2D eigenvalue weighted by molar-refractivity contribution is -0.133. The summed E-state index contributed by atoms with van der Waals surface area (Å²) in [5, 5.41) is 0. The largest absolute Gasteiger partial charge is 0.332 e. The summed E-state index contributed by atoms with van der Waals surface area (Å²) in [6.45, 7) is 2.94. The quantitative estimate of drug-likeness (QED) is 0.497. The van der Waals surface area contributed by atoms with Crippen LogP contribution in [0, 0.1) is 12.7 Å². The molecule has 0 unspecified atom stereocenters. The maximum Gasteiger partial charge on any atom is 0.257 e. The number of thiophene rings is 1. The Morgan fingerprint density at radius 2 is 1.68 bits per heavy atom. The van der Waals surface area contributed by atoms with Gasteiger partial charge >= 0.3 is 0 Å². The van der Waals surface area contributed by atoms with Crippen LogP contribution < -0.4 is 0 Å². The van der Waals surface area contributed by atoms with Crippen LogP contribution in [0.25, 0.3) is 0 Å². The molecule has 0 N–H and O–H groups in total. The van der Waals surface area contributed by atoms with E-state index in [1.165, 1.54) is 17.0 Å². The highest BCUT2D eigenvalue weighted by Crippen LogP contribution is 2.29. The van der Waals surface area contributed by atoms with Crippen LogP contribution in [0.2, 0.25) is 0 Å². The van der Waals surface area contributed by atoms with E-state index in [-0.39, 0.29) is 24.1 Å². The Hall–Kier alpha value is -2.99. The van der Waals surface area contributed by atoms with E-state index in [2.05, 4.69) is 0 Å². The Morgan fingerprint density at radius 1 is 0.968 bits per heavy atom. The third-order valence-corrected chi connectivity index (χ3v) is 6.36. The number of carbonyl (C=O) groups excluding carboxylic acids is 2. The first-order valence-corrected chi connectivity index (χ1v) is 11.3. The predicted molar refractivity (Wildman–Crippen MR) is 120 cm³/mol. The molecule has 0 radical (unpaired) electrons. The number of hydrogen-bond donors (Lipinski definition) is 0. The van der Waals surface area contributed by atoms with Gasteiger partial charge in [-0.05, 0) is 49.6 Å². The Balaban J connectivity index is 1.54. The maximum absolute atomic E-state index is 14.2. The number of amides is 2. The van der Waals surface area contributed by atoms with Gasteiger partial charge < -0.3 is 9.80 Å². The van der Waals surface area contributed by atoms with Crippen molar-refractivity contribution in [3.05, 3.63) is 93.4 Å². The molecule has 0 atom stereocenters. The van der Waals surface area contributed by atoms with Gasteiger partial charge in [0.05, 0.1) is 12.1 Å². The van der Waals surface area contributed by atoms with Crippen LogP contribution in [0.15, 0.2) is 66.7 Å². The van der Waals surface area contributed by atoms with Crippen molar-refractivity contribution in [2.24, 2.45) is 0 Å². The fraction of sp³-hybridized carbons (Fsp3) is 0.280. The molecular formula is C25H25FN2O2S. The first kappa shape index (κ1) is 21.2. The first-order chi connectivity index (χ1) is 15.0. The summed E-state index contributed by atoms with van der Waals surface area (Å²) in [6.07, 6.45) is 1.69. The Morgan fingerprint density at radius 3 is 2.32 bits per heavy atom. The van der Waals surface area contributed by atoms with E-state index in [9.17, 15) is 14.0 Å². The van der Waals surface area contributed by atoms with Crippen LogP contribution in [0.5, 0.6) is 0 Å². The second-order valence-electron chi connectivity index (χ2n) is 7.89. The van der Waals surface area contributed by atoms with E-state index in [1.54, 1.807) is 33.3 Å². The number of hydrogen-bond acceptors (Lipinski definition) is 3. The number of carbonyl (C=O) groups is 2. The van der Waals surface area contributed by atoms with Crippen LogP contribution in [0.3, 0.4) is 0 Å². The minimum Gasteiger partial charge on any atom is -0.332 e. The molecule has 0 aliphatic heterocycles. The van der Waals surface area contributed by atoms with Crippen molar-refractivity contribution >= 4 is 23.2 Å². The first-order valence-electron chi connectivity index (χ1n) is 10.4. The average molecular weight is 437 g/mol. The molecule has 1 aromatic heterocycles. The van der Waals surface area contributed by atoms with E-state index in [0.717, 1.165) is 23.3 Å². The van der Waals surface area contributed by atoms with E-state index >= 15 is 0 Å². The number of halogens is 1. The predicted octanol–water partition coefficient (Wildman–Crippen LogP) is 5.03. The van der Waals surface area contributed by atoms with Crippen LogP contribution in [-0.2, 0) is 17.9 Å². The summed E-state index contributed by atoms with van der Waals surface area (Å²) in [5.74, 6) is -1.10. The number of rotatable bonds is 8. The minimum atomic E-state index is -0.555. The molecule has 0 spiro atoms. The molecule has 31 heavy (non-hydrogen) atoms. The van der Waals surface area contributed by atoms with Crippen molar-refractivity contribution < 1.29 is 14.0 Å². The van der Waals surface area contributed by atoms with Crippen LogP contribution in [-0.4, -0.2) is 34.2 Å². The van der Waals surface area contributed by atoms with Crippen molar-refractivity contribution in [3.63, 3.8) is 0 Å². The Labute approximate surface area is 185 Å². The van der Waals surface area contributed by atoms with Crippen molar-refractivity contribution in [3.8, 4) is 0 Å². The van der Waals surface area contributed by atoms with E-state index in [1.807, 2.05) is 49.4 Å². The summed E-state index contributed by atoms with van der Waals surface area (Å²) in [5.41, 5.74) is 1.05. The molecular weight excluding hydrogens is 411 g/mol. The Bertz CT molecular complexity index is 1060. The number of aryl methyl sites for hydroxylation is 1. The van der Waals surface area contributed by atoms with E-state index in [4.69, 9.17) is 0 Å². The molecule has 160 valence electrons. The summed E-state index contributed by atoms with van der Waals surface area (Å²) in [7, 11) is 0. The van der Waals surface area contributed by atoms with Crippen molar-refractivity contribution in [1.82, 2.24) is 9.80 Å². The fourth-order valence-corrected chi connectivity index (χ4v) is 4.49. The second-order valence-corrected chi connectivity index (χ2v) is 9.26. The SMILES string of the molecule is Cc1ccc(CN(Cc2ccccc2)C(=O)CN(C(=O)c2ccccc2F)C2CC2)s1. The van der Waals surface area contributed by atoms with Crippen molar-refractivity contribution in [1.29, 1.82) is 0 Å². The monoisotopic (exact) mass is 436 g/mol. The molecule has 1 fully saturated rings. The van der Waals surface area contributed by atoms with Gasteiger partial charge in [0.2, 0.25) is 5.91 Å². The molecule has 0 bridgehead atoms. The summed E-state index contributed by atoms with van der Waals surface area (Å²) in [6, 6.07) is 19.9. The third-order valence-electron chi connectivity index (χ3n) is 5.37. The number of nitrogens with zero attached hydrogens (tertiary/aromatic N) is 2. The zero-order valence-corrected chi connectivity index (χ0v) is 18.3. The zero-order chi connectivity index (χ0) is 21.8. The van der Waals surface area contributed by atoms with Crippen LogP contribution >= 0.6 is 11.3 Å². The number of benzene rings is 2. The van der Waals surface area contributed by atoms with Gasteiger partial charge in [0, 0.05) is 22.3 Å². The smallest absolute Gasteiger partial charge is 0.257 e. The highest BCUT2D eigenvalue weighted by atomic mass is 32.1. The summed E-state index contributed by atoms with van der Waals surface area (Å²) >= 11 is 1.66. The average Bonchev–Trinajstić information content (AvgIpc) is 3.53. The molecule has 4 rings (SSSR count). The van der Waals surface area contributed by atoms with Gasteiger partial charge in [0.15, 0.2) is 0 Å². The molecule has 1 aliphatic carbocycles. The van der Waals surface area contributed by atoms with Gasteiger partial charge in [-0.1, -0.05) is 42.5 Å². The minimum absolute atomic E-state index is 0.00128. The molecule has 2 aromatic carbocycles. The summed E-state index contributed by atoms with van der Waals surface area (Å²) < 4.78 is 14.2. The maximum atomic E-state index is 14.2. The van der Waals surface area contributed by atoms with Gasteiger partial charge in [0.1, 0.15) is 12.4 Å². The van der Waals surface area contributed by atoms with Crippen LogP contribution in [0.1, 0.15) is 38.5 Å². The molecule has 4 nitrogen and oxygen atoms in total. The molecule has 1 saturated carbocycles. The molecule has 3 aromatic rings. The van der Waals surface area contributed by atoms with Crippen molar-refractivity contribution in [2.45, 2.75) is 38.9 Å². The zero-order valence-electron chi connectivity index (χ0n) is 17.5. The van der Waals surface area contributed by atoms with Gasteiger partial charge in [-0.2, -0.15) is 0 Å². The van der Waals surface area contributed by atoms with Crippen LogP contribution in [0.4, 0.5) is 4.39 Å². The highest BCUT2D eigenvalue weighted by molar-refractivity contribution is 7.11. The third kappa shape index (κ3) is 5.39. The molecule has 1 aliphatic rings. The highest BCUT2D eigenvalue weighted by Gasteiger charge is 2.36. The van der Waals surface area contributed by atoms with Gasteiger partial charge in [-0.25, -0.2) is 4.39 Å². The topological polar surface area (TPSA) is 40.6 Å². The molecule has 2 amide bonds. The second kappa shape index (κ2) is 9.43. The van der Waals surface area contributed by atoms with Gasteiger partial charge in [-0.15, -0.1) is 11.3 Å². The lowest BCUT2D eigenvalue weighted by Crippen LogP contribution is -2.43. The van der Waals surface area contributed by atoms with Gasteiger partial charge in [0.25, 0.3) is 5.91 Å². The fourth-order valence-electron chi connectivity index (χ4n) is 3.58.